The van der Waals surface area contributed by atoms with Crippen molar-refractivity contribution in [1.29, 1.82) is 0 Å². The summed E-state index contributed by atoms with van der Waals surface area (Å²) in [5, 5.41) is 15.4. The van der Waals surface area contributed by atoms with E-state index in [1.807, 2.05) is 25.3 Å². The van der Waals surface area contributed by atoms with E-state index in [2.05, 4.69) is 38.5 Å². The number of carbonyl (C=O) groups is 1. The van der Waals surface area contributed by atoms with Crippen LogP contribution in [0.1, 0.15) is 42.3 Å². The number of amides is 1. The summed E-state index contributed by atoms with van der Waals surface area (Å²) in [6.45, 7) is 5.37. The first kappa shape index (κ1) is 20.8. The molecule has 5 N–H and O–H groups in total. The van der Waals surface area contributed by atoms with Crippen LogP contribution in [0, 0.1) is 0 Å². The van der Waals surface area contributed by atoms with Gasteiger partial charge in [-0.25, -0.2) is 4.98 Å². The third-order valence-corrected chi connectivity index (χ3v) is 5.80. The van der Waals surface area contributed by atoms with Crippen LogP contribution in [-0.2, 0) is 12.8 Å². The smallest absolute Gasteiger partial charge is 0.252 e. The van der Waals surface area contributed by atoms with E-state index in [9.17, 15) is 9.90 Å². The van der Waals surface area contributed by atoms with Crippen LogP contribution in [0.2, 0.25) is 0 Å². The number of nitrogens with zero attached hydrogens (tertiary/aromatic N) is 2. The van der Waals surface area contributed by atoms with Gasteiger partial charge in [0.05, 0.1) is 28.1 Å². The topological polar surface area (TPSA) is 117 Å². The summed E-state index contributed by atoms with van der Waals surface area (Å²) >= 11 is 0. The van der Waals surface area contributed by atoms with E-state index in [0.29, 0.717) is 16.9 Å². The minimum Gasteiger partial charge on any atom is -0.388 e. The predicted molar refractivity (Wildman–Crippen MR) is 123 cm³/mol. The zero-order valence-corrected chi connectivity index (χ0v) is 17.9. The first-order valence-corrected chi connectivity index (χ1v) is 10.3. The standard InChI is InChI=1S/C24H27N5O2/c1-14(24(2,3)31)28-23-20-17-9-8-15(6-7-16-5-4-10-26-12-16)11-19(17)29-21(20)18(13-27-23)22(25)30/h4-5,8-14,29,31H,6-7H2,1-3H3,(H2,25,30)(H,27,28). The summed E-state index contributed by atoms with van der Waals surface area (Å²) in [7, 11) is 0. The molecule has 4 aromatic rings. The van der Waals surface area contributed by atoms with Crippen molar-refractivity contribution in [2.45, 2.75) is 45.3 Å². The summed E-state index contributed by atoms with van der Waals surface area (Å²) in [5.41, 5.74) is 8.91. The fourth-order valence-electron chi connectivity index (χ4n) is 3.62. The van der Waals surface area contributed by atoms with Gasteiger partial charge in [-0.3, -0.25) is 9.78 Å². The number of nitrogens with one attached hydrogen (secondary N) is 2. The Bertz CT molecular complexity index is 1240. The van der Waals surface area contributed by atoms with Crippen molar-refractivity contribution in [3.05, 3.63) is 65.6 Å². The van der Waals surface area contributed by atoms with E-state index < -0.39 is 11.5 Å². The minimum atomic E-state index is -0.943. The molecule has 0 saturated carbocycles. The lowest BCUT2D eigenvalue weighted by Crippen LogP contribution is -2.39. The number of rotatable bonds is 7. The summed E-state index contributed by atoms with van der Waals surface area (Å²) in [6, 6.07) is 9.98. The van der Waals surface area contributed by atoms with Gasteiger partial charge in [0.15, 0.2) is 0 Å². The number of aromatic nitrogens is 3. The highest BCUT2D eigenvalue weighted by Gasteiger charge is 2.25. The van der Waals surface area contributed by atoms with Crippen molar-refractivity contribution in [3.8, 4) is 0 Å². The van der Waals surface area contributed by atoms with Crippen LogP contribution in [0.25, 0.3) is 21.8 Å². The highest BCUT2D eigenvalue weighted by atomic mass is 16.3. The average molecular weight is 418 g/mol. The van der Waals surface area contributed by atoms with E-state index in [1.54, 1.807) is 20.0 Å². The van der Waals surface area contributed by atoms with Gasteiger partial charge in [0.2, 0.25) is 0 Å². The molecule has 0 fully saturated rings. The fourth-order valence-corrected chi connectivity index (χ4v) is 3.62. The Morgan fingerprint density at radius 2 is 2.00 bits per heavy atom. The molecule has 160 valence electrons. The molecule has 3 heterocycles. The minimum absolute atomic E-state index is 0.258. The van der Waals surface area contributed by atoms with E-state index in [-0.39, 0.29) is 6.04 Å². The van der Waals surface area contributed by atoms with Crippen molar-refractivity contribution >= 4 is 33.5 Å². The number of H-pyrrole nitrogens is 1. The molecule has 1 amide bonds. The van der Waals surface area contributed by atoms with E-state index in [1.165, 1.54) is 17.3 Å². The number of carbonyl (C=O) groups excluding carboxylic acids is 1. The quantitative estimate of drug-likeness (QED) is 0.367. The van der Waals surface area contributed by atoms with Crippen LogP contribution in [0.3, 0.4) is 0 Å². The molecule has 0 aliphatic carbocycles. The molecule has 0 spiro atoms. The first-order chi connectivity index (χ1) is 14.7. The van der Waals surface area contributed by atoms with Crippen LogP contribution in [0.15, 0.2) is 48.9 Å². The van der Waals surface area contributed by atoms with Gasteiger partial charge in [-0.2, -0.15) is 0 Å². The number of aliphatic hydroxyl groups is 1. The molecule has 7 heteroatoms. The number of fused-ring (bicyclic) bond motifs is 3. The largest absolute Gasteiger partial charge is 0.388 e. The molecule has 1 aromatic carbocycles. The summed E-state index contributed by atoms with van der Waals surface area (Å²) in [4.78, 5) is 24.0. The van der Waals surface area contributed by atoms with Gasteiger partial charge < -0.3 is 21.1 Å². The van der Waals surface area contributed by atoms with E-state index >= 15 is 0 Å². The number of hydrogen-bond donors (Lipinski definition) is 4. The van der Waals surface area contributed by atoms with Crippen LogP contribution >= 0.6 is 0 Å². The molecular formula is C24H27N5O2. The van der Waals surface area contributed by atoms with Crippen molar-refractivity contribution in [2.24, 2.45) is 5.73 Å². The summed E-state index contributed by atoms with van der Waals surface area (Å²) < 4.78 is 0. The number of nitrogens with two attached hydrogens (primary N) is 1. The molecule has 7 nitrogen and oxygen atoms in total. The number of aryl methyl sites for hydroxylation is 2. The third-order valence-electron chi connectivity index (χ3n) is 5.80. The van der Waals surface area contributed by atoms with Crippen molar-refractivity contribution in [3.63, 3.8) is 0 Å². The van der Waals surface area contributed by atoms with Crippen molar-refractivity contribution in [1.82, 2.24) is 15.0 Å². The number of primary amides is 1. The lowest BCUT2D eigenvalue weighted by molar-refractivity contribution is 0.0648. The van der Waals surface area contributed by atoms with Gasteiger partial charge in [-0.15, -0.1) is 0 Å². The number of anilines is 1. The van der Waals surface area contributed by atoms with Gasteiger partial charge in [-0.1, -0.05) is 18.2 Å². The van der Waals surface area contributed by atoms with Crippen LogP contribution in [-0.4, -0.2) is 37.6 Å². The number of benzene rings is 1. The van der Waals surface area contributed by atoms with Crippen molar-refractivity contribution < 1.29 is 9.90 Å². The molecule has 1 unspecified atom stereocenters. The summed E-state index contributed by atoms with van der Waals surface area (Å²) in [5.74, 6) is 0.0620. The molecule has 0 saturated heterocycles. The number of pyridine rings is 2. The normalized spacial score (nSPS) is 12.9. The average Bonchev–Trinajstić information content (AvgIpc) is 3.11. The second-order valence-corrected chi connectivity index (χ2v) is 8.52. The molecule has 3 aromatic heterocycles. The number of hydrogen-bond acceptors (Lipinski definition) is 5. The molecule has 0 aliphatic rings. The van der Waals surface area contributed by atoms with E-state index in [0.717, 1.165) is 29.1 Å². The van der Waals surface area contributed by atoms with Crippen LogP contribution in [0.4, 0.5) is 5.82 Å². The van der Waals surface area contributed by atoms with Gasteiger partial charge in [-0.05, 0) is 56.9 Å². The van der Waals surface area contributed by atoms with Gasteiger partial charge in [0.25, 0.3) is 5.91 Å². The Morgan fingerprint density at radius 3 is 2.68 bits per heavy atom. The Kier molecular flexibility index (Phi) is 5.37. The SMILES string of the molecule is CC(Nc1ncc(C(N)=O)c2[nH]c3cc(CCc4cccnc4)ccc3c12)C(C)(C)O. The second kappa shape index (κ2) is 8.00. The maximum atomic E-state index is 12.0. The third kappa shape index (κ3) is 4.22. The van der Waals surface area contributed by atoms with Gasteiger partial charge >= 0.3 is 0 Å². The Labute approximate surface area is 180 Å². The van der Waals surface area contributed by atoms with Crippen LogP contribution in [0.5, 0.6) is 0 Å². The zero-order chi connectivity index (χ0) is 22.2. The lowest BCUT2D eigenvalue weighted by atomic mass is 10.0. The van der Waals surface area contributed by atoms with Crippen LogP contribution < -0.4 is 11.1 Å². The van der Waals surface area contributed by atoms with Gasteiger partial charge in [0, 0.05) is 29.5 Å². The monoisotopic (exact) mass is 417 g/mol. The highest BCUT2D eigenvalue weighted by molar-refractivity contribution is 6.18. The first-order valence-electron chi connectivity index (χ1n) is 10.3. The molecular weight excluding hydrogens is 390 g/mol. The highest BCUT2D eigenvalue weighted by Crippen LogP contribution is 2.34. The molecule has 0 aliphatic heterocycles. The maximum absolute atomic E-state index is 12.0. The second-order valence-electron chi connectivity index (χ2n) is 8.52. The summed E-state index contributed by atoms with van der Waals surface area (Å²) in [6.07, 6.45) is 6.90. The zero-order valence-electron chi connectivity index (χ0n) is 17.9. The molecule has 1 atom stereocenters. The maximum Gasteiger partial charge on any atom is 0.252 e. The Hall–Kier alpha value is -3.45. The predicted octanol–water partition coefficient (Wildman–Crippen LogP) is 3.57. The molecule has 0 bridgehead atoms. The molecule has 31 heavy (non-hydrogen) atoms. The Morgan fingerprint density at radius 1 is 1.23 bits per heavy atom. The number of aromatic amines is 1. The fraction of sp³-hybridized carbons (Fsp3) is 0.292. The molecule has 0 radical (unpaired) electrons. The van der Waals surface area contributed by atoms with Crippen molar-refractivity contribution in [2.75, 3.05) is 5.32 Å². The lowest BCUT2D eigenvalue weighted by Gasteiger charge is -2.27. The van der Waals surface area contributed by atoms with E-state index in [4.69, 9.17) is 5.73 Å². The molecule has 4 rings (SSSR count). The van der Waals surface area contributed by atoms with Gasteiger partial charge in [0.1, 0.15) is 5.82 Å². The Balaban J connectivity index is 1.76.